The van der Waals surface area contributed by atoms with E-state index in [1.165, 1.54) is 7.11 Å². The Kier molecular flexibility index (Phi) is 5.62. The van der Waals surface area contributed by atoms with Crippen LogP contribution in [0, 0.1) is 0 Å². The lowest BCUT2D eigenvalue weighted by molar-refractivity contribution is 0.0600. The van der Waals surface area contributed by atoms with Gasteiger partial charge in [-0.2, -0.15) is 0 Å². The Morgan fingerprint density at radius 2 is 1.81 bits per heavy atom. The molecule has 142 valence electrons. The molecule has 0 aliphatic heterocycles. The van der Waals surface area contributed by atoms with Crippen molar-refractivity contribution in [2.75, 3.05) is 19.9 Å². The maximum Gasteiger partial charge on any atom is 0.337 e. The third-order valence-corrected chi connectivity index (χ3v) is 5.09. The van der Waals surface area contributed by atoms with Gasteiger partial charge in [-0.05, 0) is 35.7 Å². The van der Waals surface area contributed by atoms with Crippen LogP contribution < -0.4 is 4.72 Å². The predicted molar refractivity (Wildman–Crippen MR) is 105 cm³/mol. The van der Waals surface area contributed by atoms with E-state index in [1.807, 2.05) is 36.4 Å². The number of carbonyl (C=O) groups is 1. The van der Waals surface area contributed by atoms with Crippen molar-refractivity contribution in [3.8, 4) is 0 Å². The first-order valence-corrected chi connectivity index (χ1v) is 10.4. The second-order valence-electron chi connectivity index (χ2n) is 6.40. The zero-order valence-corrected chi connectivity index (χ0v) is 16.1. The summed E-state index contributed by atoms with van der Waals surface area (Å²) in [6.07, 6.45) is 3.83. The minimum absolute atomic E-state index is 0.353. The molecule has 0 saturated carbocycles. The second-order valence-corrected chi connectivity index (χ2v) is 8.24. The lowest BCUT2D eigenvalue weighted by Crippen LogP contribution is -2.24. The number of fused-ring (bicyclic) bond motifs is 1. The number of hydrogen-bond acceptors (Lipinski definition) is 4. The molecular weight excluding hydrogens is 364 g/mol. The van der Waals surface area contributed by atoms with Gasteiger partial charge in [-0.1, -0.05) is 30.3 Å². The molecule has 1 aromatic heterocycles. The Labute approximate surface area is 158 Å². The maximum absolute atomic E-state index is 11.6. The Morgan fingerprint density at radius 3 is 2.48 bits per heavy atom. The zero-order chi connectivity index (χ0) is 19.4. The van der Waals surface area contributed by atoms with Gasteiger partial charge >= 0.3 is 5.97 Å². The van der Waals surface area contributed by atoms with Crippen LogP contribution in [0.15, 0.2) is 54.7 Å². The first-order chi connectivity index (χ1) is 12.9. The van der Waals surface area contributed by atoms with E-state index < -0.39 is 10.0 Å². The number of benzene rings is 2. The average Bonchev–Trinajstić information content (AvgIpc) is 2.98. The van der Waals surface area contributed by atoms with E-state index >= 15 is 0 Å². The van der Waals surface area contributed by atoms with Crippen molar-refractivity contribution in [1.29, 1.82) is 0 Å². The summed E-state index contributed by atoms with van der Waals surface area (Å²) in [5.41, 5.74) is 3.76. The second kappa shape index (κ2) is 7.94. The number of hydrogen-bond donors (Lipinski definition) is 1. The third kappa shape index (κ3) is 4.75. The number of carbonyl (C=O) groups excluding carboxylic acids is 1. The molecule has 0 fully saturated rings. The Balaban J connectivity index is 1.83. The molecule has 3 aromatic rings. The van der Waals surface area contributed by atoms with E-state index in [2.05, 4.69) is 15.5 Å². The van der Waals surface area contributed by atoms with Gasteiger partial charge in [-0.25, -0.2) is 17.9 Å². The molecule has 0 amide bonds. The number of nitrogens with one attached hydrogen (secondary N) is 1. The summed E-state index contributed by atoms with van der Waals surface area (Å²) >= 11 is 0. The summed E-state index contributed by atoms with van der Waals surface area (Å²) in [5, 5.41) is 1.11. The van der Waals surface area contributed by atoms with Crippen LogP contribution in [0.5, 0.6) is 0 Å². The number of methoxy groups -OCH3 is 1. The fourth-order valence-electron chi connectivity index (χ4n) is 3.08. The van der Waals surface area contributed by atoms with Gasteiger partial charge in [0.2, 0.25) is 10.0 Å². The summed E-state index contributed by atoms with van der Waals surface area (Å²) in [5.74, 6) is -0.353. The third-order valence-electron chi connectivity index (χ3n) is 4.36. The van der Waals surface area contributed by atoms with Crippen molar-refractivity contribution in [3.05, 3.63) is 71.4 Å². The molecule has 6 nitrogen and oxygen atoms in total. The van der Waals surface area contributed by atoms with E-state index in [0.29, 0.717) is 25.1 Å². The molecule has 0 unspecified atom stereocenters. The molecule has 0 spiro atoms. The molecule has 1 heterocycles. The molecule has 0 aliphatic carbocycles. The molecule has 27 heavy (non-hydrogen) atoms. The summed E-state index contributed by atoms with van der Waals surface area (Å²) < 4.78 is 32.0. The van der Waals surface area contributed by atoms with Gasteiger partial charge in [0.05, 0.1) is 18.9 Å². The number of rotatable bonds is 7. The molecule has 0 bridgehead atoms. The van der Waals surface area contributed by atoms with Crippen LogP contribution in [0.3, 0.4) is 0 Å². The van der Waals surface area contributed by atoms with Crippen molar-refractivity contribution < 1.29 is 17.9 Å². The lowest BCUT2D eigenvalue weighted by Gasteiger charge is -2.06. The van der Waals surface area contributed by atoms with Gasteiger partial charge in [-0.3, -0.25) is 0 Å². The van der Waals surface area contributed by atoms with Crippen molar-refractivity contribution >= 4 is 26.9 Å². The summed E-state index contributed by atoms with van der Waals surface area (Å²) in [6, 6.07) is 15.4. The monoisotopic (exact) mass is 386 g/mol. The quantitative estimate of drug-likeness (QED) is 0.633. The molecule has 0 radical (unpaired) electrons. The van der Waals surface area contributed by atoms with E-state index in [9.17, 15) is 13.2 Å². The summed E-state index contributed by atoms with van der Waals surface area (Å²) in [7, 11) is -1.83. The van der Waals surface area contributed by atoms with Crippen LogP contribution in [-0.2, 0) is 27.7 Å². The topological polar surface area (TPSA) is 77.4 Å². The minimum Gasteiger partial charge on any atom is -0.465 e. The highest BCUT2D eigenvalue weighted by atomic mass is 32.2. The SMILES string of the molecule is COC(=O)c1ccc(Cn2cc(CCNS(C)(=O)=O)c3ccccc32)cc1. The fraction of sp³-hybridized carbons (Fsp3) is 0.250. The van der Waals surface area contributed by atoms with Crippen LogP contribution in [0.2, 0.25) is 0 Å². The normalized spacial score (nSPS) is 11.6. The van der Waals surface area contributed by atoms with Crippen LogP contribution in [-0.4, -0.2) is 38.9 Å². The Bertz CT molecular complexity index is 1050. The number of sulfonamides is 1. The minimum atomic E-state index is -3.20. The van der Waals surface area contributed by atoms with Crippen LogP contribution >= 0.6 is 0 Å². The molecular formula is C20H22N2O4S. The van der Waals surface area contributed by atoms with E-state index in [-0.39, 0.29) is 5.97 Å². The van der Waals surface area contributed by atoms with Crippen molar-refractivity contribution in [1.82, 2.24) is 9.29 Å². The number of para-hydroxylation sites is 1. The number of ether oxygens (including phenoxy) is 1. The van der Waals surface area contributed by atoms with E-state index in [1.54, 1.807) is 12.1 Å². The van der Waals surface area contributed by atoms with E-state index in [0.717, 1.165) is 28.3 Å². The Morgan fingerprint density at radius 1 is 1.11 bits per heavy atom. The molecule has 7 heteroatoms. The van der Waals surface area contributed by atoms with Crippen molar-refractivity contribution in [2.24, 2.45) is 0 Å². The maximum atomic E-state index is 11.6. The van der Waals surface area contributed by atoms with Gasteiger partial charge in [0.15, 0.2) is 0 Å². The highest BCUT2D eigenvalue weighted by molar-refractivity contribution is 7.88. The van der Waals surface area contributed by atoms with Gasteiger partial charge in [-0.15, -0.1) is 0 Å². The van der Waals surface area contributed by atoms with Crippen LogP contribution in [0.1, 0.15) is 21.5 Å². The predicted octanol–water partition coefficient (Wildman–Crippen LogP) is 2.57. The summed E-state index contributed by atoms with van der Waals surface area (Å²) in [4.78, 5) is 11.6. The number of aromatic nitrogens is 1. The molecule has 2 aromatic carbocycles. The number of nitrogens with zero attached hydrogens (tertiary/aromatic N) is 1. The smallest absolute Gasteiger partial charge is 0.337 e. The standard InChI is InChI=1S/C20H22N2O4S/c1-26-20(23)16-9-7-15(8-10-16)13-22-14-17(11-12-21-27(2,24)25)18-5-3-4-6-19(18)22/h3-10,14,21H,11-13H2,1-2H3. The van der Waals surface area contributed by atoms with Crippen LogP contribution in [0.4, 0.5) is 0 Å². The lowest BCUT2D eigenvalue weighted by atomic mass is 10.1. The fourth-order valence-corrected chi connectivity index (χ4v) is 3.56. The highest BCUT2D eigenvalue weighted by Gasteiger charge is 2.10. The van der Waals surface area contributed by atoms with Gasteiger partial charge < -0.3 is 9.30 Å². The molecule has 0 atom stereocenters. The first kappa shape index (κ1) is 19.1. The highest BCUT2D eigenvalue weighted by Crippen LogP contribution is 2.23. The molecule has 1 N–H and O–H groups in total. The Hall–Kier alpha value is -2.64. The number of esters is 1. The average molecular weight is 386 g/mol. The molecule has 3 rings (SSSR count). The largest absolute Gasteiger partial charge is 0.465 e. The van der Waals surface area contributed by atoms with Gasteiger partial charge in [0, 0.05) is 30.2 Å². The van der Waals surface area contributed by atoms with E-state index in [4.69, 9.17) is 4.74 Å². The van der Waals surface area contributed by atoms with Crippen LogP contribution in [0.25, 0.3) is 10.9 Å². The molecule has 0 saturated heterocycles. The molecule has 0 aliphatic rings. The summed E-state index contributed by atoms with van der Waals surface area (Å²) in [6.45, 7) is 1.02. The van der Waals surface area contributed by atoms with Crippen molar-refractivity contribution in [2.45, 2.75) is 13.0 Å². The van der Waals surface area contributed by atoms with Crippen molar-refractivity contribution in [3.63, 3.8) is 0 Å². The van der Waals surface area contributed by atoms with Gasteiger partial charge in [0.1, 0.15) is 0 Å². The van der Waals surface area contributed by atoms with Gasteiger partial charge in [0.25, 0.3) is 0 Å². The first-order valence-electron chi connectivity index (χ1n) is 8.56. The zero-order valence-electron chi connectivity index (χ0n) is 15.3.